The number of ketones is 1. The average Bonchev–Trinajstić information content (AvgIpc) is 2.88. The Balaban J connectivity index is 1.91. The normalized spacial score (nSPS) is 11.0. The number of ether oxygens (including phenoxy) is 4. The van der Waals surface area contributed by atoms with Gasteiger partial charge in [-0.3, -0.25) is 4.79 Å². The lowest BCUT2D eigenvalue weighted by molar-refractivity contribution is 0.104. The van der Waals surface area contributed by atoms with Gasteiger partial charge in [0.15, 0.2) is 28.8 Å². The van der Waals surface area contributed by atoms with Crippen molar-refractivity contribution in [1.29, 1.82) is 0 Å². The van der Waals surface area contributed by atoms with E-state index < -0.39 is 0 Å². The second-order valence-electron chi connectivity index (χ2n) is 7.26. The van der Waals surface area contributed by atoms with E-state index in [1.165, 1.54) is 50.8 Å². The van der Waals surface area contributed by atoms with Crippen LogP contribution < -0.4 is 24.3 Å². The molecule has 0 amide bonds. The molecule has 35 heavy (non-hydrogen) atoms. The molecule has 3 aromatic carbocycles. The number of allylic oxidation sites excluding steroid dienone is 1. The van der Waals surface area contributed by atoms with Gasteiger partial charge < -0.3 is 34.5 Å². The summed E-state index contributed by atoms with van der Waals surface area (Å²) in [6, 6.07) is 12.9. The third-order valence-corrected chi connectivity index (χ3v) is 5.15. The number of anilines is 1. The van der Waals surface area contributed by atoms with Crippen LogP contribution in [-0.2, 0) is 0 Å². The molecule has 3 aromatic rings. The SMILES string of the molecule is COc1ccc(C=Cc2cc(OC)c(OC)c(OC)c2)c(NC=CC(=O)c2ccc(O)cc2)c1O. The first kappa shape index (κ1) is 25.0. The Hall–Kier alpha value is -4.59. The fourth-order valence-electron chi connectivity index (χ4n) is 3.35. The molecule has 0 fully saturated rings. The van der Waals surface area contributed by atoms with Gasteiger partial charge in [-0.25, -0.2) is 0 Å². The van der Waals surface area contributed by atoms with E-state index in [0.717, 1.165) is 5.56 Å². The molecule has 0 spiro atoms. The lowest BCUT2D eigenvalue weighted by atomic mass is 10.1. The number of hydrogen-bond acceptors (Lipinski definition) is 8. The molecule has 0 unspecified atom stereocenters. The lowest BCUT2D eigenvalue weighted by Crippen LogP contribution is -1.98. The highest BCUT2D eigenvalue weighted by Crippen LogP contribution is 2.40. The van der Waals surface area contributed by atoms with Crippen LogP contribution in [0.1, 0.15) is 21.5 Å². The van der Waals surface area contributed by atoms with Crippen molar-refractivity contribution in [3.05, 3.63) is 77.5 Å². The predicted octanol–water partition coefficient (Wildman–Crippen LogP) is 5.11. The topological polar surface area (TPSA) is 106 Å². The Morgan fingerprint density at radius 3 is 2.00 bits per heavy atom. The minimum absolute atomic E-state index is 0.0773. The summed E-state index contributed by atoms with van der Waals surface area (Å²) in [6.45, 7) is 0. The van der Waals surface area contributed by atoms with Gasteiger partial charge in [0.1, 0.15) is 5.75 Å². The van der Waals surface area contributed by atoms with Gasteiger partial charge in [-0.15, -0.1) is 0 Å². The Labute approximate surface area is 203 Å². The van der Waals surface area contributed by atoms with Crippen LogP contribution in [0.2, 0.25) is 0 Å². The molecule has 0 aliphatic heterocycles. The predicted molar refractivity (Wildman–Crippen MR) is 135 cm³/mol. The van der Waals surface area contributed by atoms with Gasteiger partial charge in [0, 0.05) is 23.4 Å². The van der Waals surface area contributed by atoms with Crippen molar-refractivity contribution in [2.45, 2.75) is 0 Å². The van der Waals surface area contributed by atoms with E-state index >= 15 is 0 Å². The number of aromatic hydroxyl groups is 2. The van der Waals surface area contributed by atoms with Crippen molar-refractivity contribution < 1.29 is 34.0 Å². The van der Waals surface area contributed by atoms with E-state index in [2.05, 4.69) is 5.32 Å². The molecular formula is C27H27NO7. The molecule has 182 valence electrons. The minimum Gasteiger partial charge on any atom is -0.508 e. The van der Waals surface area contributed by atoms with Crippen molar-refractivity contribution in [3.8, 4) is 34.5 Å². The molecule has 0 saturated heterocycles. The molecular weight excluding hydrogens is 450 g/mol. The molecule has 0 radical (unpaired) electrons. The zero-order valence-corrected chi connectivity index (χ0v) is 19.9. The zero-order chi connectivity index (χ0) is 25.4. The van der Waals surface area contributed by atoms with E-state index in [1.807, 2.05) is 6.08 Å². The largest absolute Gasteiger partial charge is 0.508 e. The van der Waals surface area contributed by atoms with Crippen molar-refractivity contribution in [2.24, 2.45) is 0 Å². The maximum atomic E-state index is 12.4. The van der Waals surface area contributed by atoms with Crippen molar-refractivity contribution >= 4 is 23.6 Å². The number of carbonyl (C=O) groups excluding carboxylic acids is 1. The van der Waals surface area contributed by atoms with Crippen LogP contribution in [-0.4, -0.2) is 44.4 Å². The van der Waals surface area contributed by atoms with Crippen LogP contribution in [0, 0.1) is 0 Å². The van der Waals surface area contributed by atoms with Crippen LogP contribution in [0.25, 0.3) is 12.2 Å². The smallest absolute Gasteiger partial charge is 0.203 e. The Kier molecular flexibility index (Phi) is 8.24. The summed E-state index contributed by atoms with van der Waals surface area (Å²) in [6.07, 6.45) is 6.37. The lowest BCUT2D eigenvalue weighted by Gasteiger charge is -2.13. The Morgan fingerprint density at radius 2 is 1.43 bits per heavy atom. The number of methoxy groups -OCH3 is 4. The van der Waals surface area contributed by atoms with Crippen LogP contribution in [0.5, 0.6) is 34.5 Å². The first-order chi connectivity index (χ1) is 16.9. The van der Waals surface area contributed by atoms with Crippen molar-refractivity contribution in [3.63, 3.8) is 0 Å². The highest BCUT2D eigenvalue weighted by molar-refractivity contribution is 6.04. The molecule has 0 aliphatic rings. The van der Waals surface area contributed by atoms with E-state index in [0.29, 0.717) is 34.1 Å². The molecule has 0 atom stereocenters. The monoisotopic (exact) mass is 477 g/mol. The summed E-state index contributed by atoms with van der Waals surface area (Å²) in [4.78, 5) is 12.4. The Bertz CT molecular complexity index is 1220. The van der Waals surface area contributed by atoms with E-state index in [4.69, 9.17) is 18.9 Å². The van der Waals surface area contributed by atoms with Gasteiger partial charge in [-0.1, -0.05) is 12.2 Å². The van der Waals surface area contributed by atoms with Crippen molar-refractivity contribution in [2.75, 3.05) is 33.8 Å². The van der Waals surface area contributed by atoms with Crippen LogP contribution in [0.3, 0.4) is 0 Å². The summed E-state index contributed by atoms with van der Waals surface area (Å²) in [5, 5.41) is 23.0. The average molecular weight is 478 g/mol. The molecule has 0 heterocycles. The van der Waals surface area contributed by atoms with Gasteiger partial charge in [0.05, 0.1) is 34.1 Å². The molecule has 0 saturated carbocycles. The summed E-state index contributed by atoms with van der Waals surface area (Å²) >= 11 is 0. The van der Waals surface area contributed by atoms with Crippen LogP contribution in [0.4, 0.5) is 5.69 Å². The maximum absolute atomic E-state index is 12.4. The second-order valence-corrected chi connectivity index (χ2v) is 7.26. The van der Waals surface area contributed by atoms with Gasteiger partial charge in [-0.2, -0.15) is 0 Å². The number of phenols is 2. The number of nitrogens with one attached hydrogen (secondary N) is 1. The molecule has 8 nitrogen and oxygen atoms in total. The third-order valence-electron chi connectivity index (χ3n) is 5.15. The summed E-state index contributed by atoms with van der Waals surface area (Å²) in [5.74, 6) is 1.48. The quantitative estimate of drug-likeness (QED) is 0.160. The Morgan fingerprint density at radius 1 is 0.800 bits per heavy atom. The summed E-state index contributed by atoms with van der Waals surface area (Å²) < 4.78 is 21.4. The fraction of sp³-hybridized carbons (Fsp3) is 0.148. The first-order valence-corrected chi connectivity index (χ1v) is 10.6. The van der Waals surface area contributed by atoms with Crippen molar-refractivity contribution in [1.82, 2.24) is 0 Å². The van der Waals surface area contributed by atoms with E-state index in [9.17, 15) is 15.0 Å². The standard InChI is InChI=1S/C27H27NO7/c1-32-22-12-9-19(6-5-17-15-23(33-2)27(35-4)24(16-17)34-3)25(26(22)31)28-14-13-21(30)18-7-10-20(29)11-8-18/h5-16,28-29,31H,1-4H3. The number of rotatable bonds is 10. The number of benzene rings is 3. The zero-order valence-electron chi connectivity index (χ0n) is 19.9. The molecule has 0 aromatic heterocycles. The molecule has 3 N–H and O–H groups in total. The first-order valence-electron chi connectivity index (χ1n) is 10.6. The number of phenolic OH excluding ortho intramolecular Hbond substituents is 2. The molecule has 0 bridgehead atoms. The molecule has 3 rings (SSSR count). The molecule has 0 aliphatic carbocycles. The van der Waals surface area contributed by atoms with E-state index in [1.54, 1.807) is 44.6 Å². The van der Waals surface area contributed by atoms with Gasteiger partial charge >= 0.3 is 0 Å². The summed E-state index contributed by atoms with van der Waals surface area (Å²) in [5.41, 5.74) is 2.18. The van der Waals surface area contributed by atoms with Crippen LogP contribution in [0.15, 0.2) is 60.8 Å². The second kappa shape index (κ2) is 11.5. The minimum atomic E-state index is -0.269. The highest BCUT2D eigenvalue weighted by atomic mass is 16.5. The maximum Gasteiger partial charge on any atom is 0.203 e. The van der Waals surface area contributed by atoms with Crippen LogP contribution >= 0.6 is 0 Å². The van der Waals surface area contributed by atoms with E-state index in [-0.39, 0.29) is 23.0 Å². The highest BCUT2D eigenvalue weighted by Gasteiger charge is 2.14. The molecule has 8 heteroatoms. The number of hydrogen-bond donors (Lipinski definition) is 3. The summed E-state index contributed by atoms with van der Waals surface area (Å²) in [7, 11) is 6.07. The number of carbonyl (C=O) groups is 1. The third kappa shape index (κ3) is 5.86. The fourth-order valence-corrected chi connectivity index (χ4v) is 3.35. The van der Waals surface area contributed by atoms with Gasteiger partial charge in [0.2, 0.25) is 5.75 Å². The van der Waals surface area contributed by atoms with Gasteiger partial charge in [-0.05, 0) is 54.1 Å². The van der Waals surface area contributed by atoms with Gasteiger partial charge in [0.25, 0.3) is 0 Å².